The van der Waals surface area contributed by atoms with Crippen molar-refractivity contribution in [2.45, 2.75) is 25.9 Å². The van der Waals surface area contributed by atoms with Gasteiger partial charge in [-0.3, -0.25) is 0 Å². The van der Waals surface area contributed by atoms with Crippen LogP contribution in [0.4, 0.5) is 0 Å². The van der Waals surface area contributed by atoms with Crippen molar-refractivity contribution in [3.63, 3.8) is 0 Å². The van der Waals surface area contributed by atoms with Crippen LogP contribution in [-0.2, 0) is 10.3 Å². The third-order valence-electron chi connectivity index (χ3n) is 3.10. The molecule has 0 aromatic heterocycles. The zero-order valence-electron chi connectivity index (χ0n) is 13.6. The summed E-state index contributed by atoms with van der Waals surface area (Å²) in [6, 6.07) is 9.59. The van der Waals surface area contributed by atoms with Crippen LogP contribution >= 0.6 is 24.0 Å². The van der Waals surface area contributed by atoms with E-state index in [2.05, 4.69) is 15.6 Å². The molecule has 0 radical (unpaired) electrons. The summed E-state index contributed by atoms with van der Waals surface area (Å²) in [5.74, 6) is 0.713. The number of hydrogen-bond donors (Lipinski definition) is 3. The topological polar surface area (TPSA) is 65.9 Å². The Kier molecular flexibility index (Phi) is 11.2. The quantitative estimate of drug-likeness (QED) is 0.260. The van der Waals surface area contributed by atoms with E-state index in [9.17, 15) is 5.11 Å². The lowest BCUT2D eigenvalue weighted by molar-refractivity contribution is 0.0672. The molecule has 0 saturated carbocycles. The molecule has 0 amide bonds. The number of rotatable bonds is 8. The van der Waals surface area contributed by atoms with Crippen LogP contribution in [0.25, 0.3) is 0 Å². The fourth-order valence-electron chi connectivity index (χ4n) is 1.89. The van der Waals surface area contributed by atoms with E-state index in [0.29, 0.717) is 19.1 Å². The van der Waals surface area contributed by atoms with Gasteiger partial charge in [0.25, 0.3) is 0 Å². The summed E-state index contributed by atoms with van der Waals surface area (Å²) in [4.78, 5) is 4.46. The van der Waals surface area contributed by atoms with E-state index in [1.54, 1.807) is 14.0 Å². The Morgan fingerprint density at radius 1 is 1.27 bits per heavy atom. The molecule has 0 aliphatic rings. The Morgan fingerprint density at radius 2 is 1.95 bits per heavy atom. The van der Waals surface area contributed by atoms with Gasteiger partial charge in [0.1, 0.15) is 5.60 Å². The first kappa shape index (κ1) is 21.1. The van der Waals surface area contributed by atoms with Crippen LogP contribution < -0.4 is 10.6 Å². The molecular formula is C16H28IN3O2. The number of hydrogen-bond acceptors (Lipinski definition) is 3. The van der Waals surface area contributed by atoms with Gasteiger partial charge in [-0.25, -0.2) is 4.99 Å². The van der Waals surface area contributed by atoms with Gasteiger partial charge >= 0.3 is 0 Å². The van der Waals surface area contributed by atoms with Gasteiger partial charge in [-0.1, -0.05) is 30.3 Å². The van der Waals surface area contributed by atoms with Gasteiger partial charge in [0, 0.05) is 26.8 Å². The highest BCUT2D eigenvalue weighted by Gasteiger charge is 2.22. The fourth-order valence-corrected chi connectivity index (χ4v) is 1.89. The number of guanidine groups is 1. The smallest absolute Gasteiger partial charge is 0.191 e. The van der Waals surface area contributed by atoms with Gasteiger partial charge in [0.2, 0.25) is 0 Å². The Morgan fingerprint density at radius 3 is 2.55 bits per heavy atom. The molecule has 5 nitrogen and oxygen atoms in total. The van der Waals surface area contributed by atoms with E-state index in [1.165, 1.54) is 0 Å². The van der Waals surface area contributed by atoms with Crippen LogP contribution in [0.15, 0.2) is 35.3 Å². The van der Waals surface area contributed by atoms with Crippen molar-refractivity contribution in [2.24, 2.45) is 4.99 Å². The van der Waals surface area contributed by atoms with Gasteiger partial charge < -0.3 is 20.5 Å². The lowest BCUT2D eigenvalue weighted by Gasteiger charge is -2.22. The summed E-state index contributed by atoms with van der Waals surface area (Å²) in [5.41, 5.74) is -0.111. The Bertz CT molecular complexity index is 425. The first-order valence-electron chi connectivity index (χ1n) is 7.39. The maximum absolute atomic E-state index is 10.5. The van der Waals surface area contributed by atoms with Crippen molar-refractivity contribution in [3.8, 4) is 0 Å². The summed E-state index contributed by atoms with van der Waals surface area (Å²) in [6.45, 7) is 6.38. The van der Waals surface area contributed by atoms with E-state index in [0.717, 1.165) is 25.1 Å². The van der Waals surface area contributed by atoms with Gasteiger partial charge in [0.05, 0.1) is 6.54 Å². The van der Waals surface area contributed by atoms with Gasteiger partial charge in [-0.15, -0.1) is 24.0 Å². The van der Waals surface area contributed by atoms with E-state index >= 15 is 0 Å². The van der Waals surface area contributed by atoms with Crippen LogP contribution in [0.5, 0.6) is 0 Å². The zero-order valence-corrected chi connectivity index (χ0v) is 16.0. The van der Waals surface area contributed by atoms with Gasteiger partial charge in [-0.2, -0.15) is 0 Å². The van der Waals surface area contributed by atoms with Crippen LogP contribution in [-0.4, -0.2) is 44.4 Å². The Hall–Kier alpha value is -0.860. The second-order valence-corrected chi connectivity index (χ2v) is 5.11. The molecule has 0 bridgehead atoms. The molecule has 1 aromatic carbocycles. The highest BCUT2D eigenvalue weighted by atomic mass is 127. The molecular weight excluding hydrogens is 393 g/mol. The lowest BCUT2D eigenvalue weighted by Crippen LogP contribution is -2.39. The Balaban J connectivity index is 0.00000441. The standard InChI is InChI=1S/C16H27N3O2.HI/c1-4-17-15(18-11-8-12-21-3)19-13-16(2,20)14-9-6-5-7-10-14;/h5-7,9-10,20H,4,8,11-13H2,1-3H3,(H2,17,18,19);1H. The molecule has 3 N–H and O–H groups in total. The first-order valence-corrected chi connectivity index (χ1v) is 7.39. The summed E-state index contributed by atoms with van der Waals surface area (Å²) < 4.78 is 5.02. The van der Waals surface area contributed by atoms with Crippen molar-refractivity contribution >= 4 is 29.9 Å². The summed E-state index contributed by atoms with van der Waals surface area (Å²) in [5, 5.41) is 16.9. The summed E-state index contributed by atoms with van der Waals surface area (Å²) >= 11 is 0. The van der Waals surface area contributed by atoms with E-state index in [1.807, 2.05) is 37.3 Å². The van der Waals surface area contributed by atoms with Crippen molar-refractivity contribution in [1.29, 1.82) is 0 Å². The van der Waals surface area contributed by atoms with Crippen molar-refractivity contribution < 1.29 is 9.84 Å². The van der Waals surface area contributed by atoms with Gasteiger partial charge in [-0.05, 0) is 25.8 Å². The van der Waals surface area contributed by atoms with Gasteiger partial charge in [0.15, 0.2) is 5.96 Å². The van der Waals surface area contributed by atoms with E-state index < -0.39 is 5.60 Å². The highest BCUT2D eigenvalue weighted by molar-refractivity contribution is 14.0. The average Bonchev–Trinajstić information content (AvgIpc) is 2.50. The number of nitrogens with zero attached hydrogens (tertiary/aromatic N) is 1. The molecule has 0 heterocycles. The zero-order chi connectivity index (χ0) is 15.6. The largest absolute Gasteiger partial charge is 0.385 e. The SMILES string of the molecule is CCNC(=NCC(C)(O)c1ccccc1)NCCCOC.I. The van der Waals surface area contributed by atoms with Crippen LogP contribution in [0, 0.1) is 0 Å². The predicted octanol–water partition coefficient (Wildman–Crippen LogP) is 2.10. The maximum Gasteiger partial charge on any atom is 0.191 e. The predicted molar refractivity (Wildman–Crippen MR) is 102 cm³/mol. The normalized spacial score (nSPS) is 13.9. The second kappa shape index (κ2) is 11.7. The second-order valence-electron chi connectivity index (χ2n) is 5.11. The highest BCUT2D eigenvalue weighted by Crippen LogP contribution is 2.20. The Labute approximate surface area is 150 Å². The molecule has 6 heteroatoms. The molecule has 1 atom stereocenters. The molecule has 1 rings (SSSR count). The molecule has 0 fully saturated rings. The summed E-state index contributed by atoms with van der Waals surface area (Å²) in [7, 11) is 1.69. The number of methoxy groups -OCH3 is 1. The molecule has 0 aliphatic carbocycles. The average molecular weight is 421 g/mol. The van der Waals surface area contributed by atoms with Crippen LogP contribution in [0.3, 0.4) is 0 Å². The molecule has 1 unspecified atom stereocenters. The minimum Gasteiger partial charge on any atom is -0.385 e. The van der Waals surface area contributed by atoms with E-state index in [4.69, 9.17) is 4.74 Å². The number of nitrogens with one attached hydrogen (secondary N) is 2. The third kappa shape index (κ3) is 7.95. The number of aliphatic hydroxyl groups is 1. The summed E-state index contributed by atoms with van der Waals surface area (Å²) in [6.07, 6.45) is 0.913. The molecule has 1 aromatic rings. The first-order chi connectivity index (χ1) is 10.1. The van der Waals surface area contributed by atoms with Crippen molar-refractivity contribution in [1.82, 2.24) is 10.6 Å². The number of aliphatic imine (C=N–C) groups is 1. The fraction of sp³-hybridized carbons (Fsp3) is 0.562. The molecule has 126 valence electrons. The number of benzene rings is 1. The van der Waals surface area contributed by atoms with E-state index in [-0.39, 0.29) is 24.0 Å². The maximum atomic E-state index is 10.5. The molecule has 22 heavy (non-hydrogen) atoms. The minimum atomic E-state index is -0.976. The van der Waals surface area contributed by atoms with Crippen molar-refractivity contribution in [3.05, 3.63) is 35.9 Å². The van der Waals surface area contributed by atoms with Crippen molar-refractivity contribution in [2.75, 3.05) is 33.4 Å². The monoisotopic (exact) mass is 421 g/mol. The number of ether oxygens (including phenoxy) is 1. The minimum absolute atomic E-state index is 0. The molecule has 0 aliphatic heterocycles. The lowest BCUT2D eigenvalue weighted by atomic mass is 9.96. The van der Waals surface area contributed by atoms with Crippen LogP contribution in [0.2, 0.25) is 0 Å². The molecule has 0 spiro atoms. The third-order valence-corrected chi connectivity index (χ3v) is 3.10. The number of halogens is 1. The molecule has 0 saturated heterocycles. The van der Waals surface area contributed by atoms with Crippen LogP contribution in [0.1, 0.15) is 25.8 Å².